The molecule has 174 valence electrons. The molecule has 8 heteroatoms. The maximum absolute atomic E-state index is 8.93. The number of aromatic nitrogens is 3. The lowest BCUT2D eigenvalue weighted by Gasteiger charge is -2.11. The number of imidazole rings is 1. The molecule has 5 aromatic rings. The summed E-state index contributed by atoms with van der Waals surface area (Å²) in [6, 6.07) is 16.2. The number of nitrogens with one attached hydrogen (secondary N) is 1. The highest BCUT2D eigenvalue weighted by Crippen LogP contribution is 2.37. The van der Waals surface area contributed by atoms with Gasteiger partial charge in [-0.15, -0.1) is 16.4 Å². The van der Waals surface area contributed by atoms with Crippen LogP contribution < -0.4 is 14.8 Å². The Kier molecular flexibility index (Phi) is 6.08. The Morgan fingerprint density at radius 3 is 2.68 bits per heavy atom. The zero-order chi connectivity index (χ0) is 23.7. The lowest BCUT2D eigenvalue weighted by molar-refractivity contribution is 0.233. The summed E-state index contributed by atoms with van der Waals surface area (Å²) in [5.74, 6) is 2.43. The summed E-state index contributed by atoms with van der Waals surface area (Å²) in [5, 5.41) is 18.3. The normalized spacial score (nSPS) is 11.3. The van der Waals surface area contributed by atoms with Crippen LogP contribution in [-0.4, -0.2) is 40.0 Å². The summed E-state index contributed by atoms with van der Waals surface area (Å²) in [6.45, 7) is 4.68. The van der Waals surface area contributed by atoms with E-state index in [0.717, 1.165) is 50.3 Å². The van der Waals surface area contributed by atoms with E-state index in [-0.39, 0.29) is 6.61 Å². The summed E-state index contributed by atoms with van der Waals surface area (Å²) >= 11 is 1.70. The summed E-state index contributed by atoms with van der Waals surface area (Å²) < 4.78 is 14.2. The van der Waals surface area contributed by atoms with E-state index in [4.69, 9.17) is 19.7 Å². The number of aliphatic hydroxyl groups is 1. The van der Waals surface area contributed by atoms with Gasteiger partial charge in [-0.05, 0) is 78.9 Å². The van der Waals surface area contributed by atoms with E-state index in [1.807, 2.05) is 48.0 Å². The first-order valence-electron chi connectivity index (χ1n) is 11.1. The molecule has 0 amide bonds. The van der Waals surface area contributed by atoms with Gasteiger partial charge in [0.05, 0.1) is 24.8 Å². The molecule has 0 saturated carbocycles. The fourth-order valence-corrected chi connectivity index (χ4v) is 4.99. The second-order valence-corrected chi connectivity index (χ2v) is 9.22. The van der Waals surface area contributed by atoms with E-state index in [2.05, 4.69) is 35.4 Å². The number of nitrogens with zero attached hydrogens (tertiary/aromatic N) is 3. The second-order valence-electron chi connectivity index (χ2n) is 8.13. The van der Waals surface area contributed by atoms with Crippen LogP contribution in [0.2, 0.25) is 0 Å². The van der Waals surface area contributed by atoms with Gasteiger partial charge in [-0.2, -0.15) is 0 Å². The highest BCUT2D eigenvalue weighted by Gasteiger charge is 2.13. The predicted octanol–water partition coefficient (Wildman–Crippen LogP) is 5.74. The molecule has 0 aliphatic heterocycles. The van der Waals surface area contributed by atoms with Crippen molar-refractivity contribution < 1.29 is 14.6 Å². The molecule has 0 saturated heterocycles. The number of hydrogen-bond acceptors (Lipinski definition) is 7. The molecule has 3 heterocycles. The van der Waals surface area contributed by atoms with Gasteiger partial charge in [-0.1, -0.05) is 0 Å². The van der Waals surface area contributed by atoms with E-state index in [9.17, 15) is 0 Å². The van der Waals surface area contributed by atoms with Gasteiger partial charge in [0.15, 0.2) is 11.5 Å². The maximum atomic E-state index is 8.93. The Hall–Kier alpha value is -3.62. The molecule has 34 heavy (non-hydrogen) atoms. The van der Waals surface area contributed by atoms with Gasteiger partial charge in [0.1, 0.15) is 17.2 Å². The highest BCUT2D eigenvalue weighted by atomic mass is 32.1. The monoisotopic (exact) mass is 474 g/mol. The topological polar surface area (TPSA) is 80.9 Å². The number of ether oxygens (including phenoxy) is 2. The van der Waals surface area contributed by atoms with Crippen molar-refractivity contribution >= 4 is 38.6 Å². The van der Waals surface area contributed by atoms with Crippen LogP contribution in [0.1, 0.15) is 17.5 Å². The lowest BCUT2D eigenvalue weighted by Crippen LogP contribution is -2.02. The number of aryl methyl sites for hydroxylation is 2. The van der Waals surface area contributed by atoms with Crippen molar-refractivity contribution in [3.05, 3.63) is 65.9 Å². The number of aliphatic hydroxyl groups excluding tert-OH is 1. The van der Waals surface area contributed by atoms with Gasteiger partial charge < -0.3 is 19.9 Å². The minimum atomic E-state index is 0.123. The molecular weight excluding hydrogens is 448 g/mol. The number of anilines is 2. The number of hydrogen-bond donors (Lipinski definition) is 2. The molecule has 0 fully saturated rings. The second kappa shape index (κ2) is 9.32. The third kappa shape index (κ3) is 4.30. The highest BCUT2D eigenvalue weighted by molar-refractivity contribution is 7.22. The van der Waals surface area contributed by atoms with Crippen LogP contribution in [0.4, 0.5) is 11.5 Å². The van der Waals surface area contributed by atoms with E-state index in [1.54, 1.807) is 18.4 Å². The fourth-order valence-electron chi connectivity index (χ4n) is 3.92. The smallest absolute Gasteiger partial charge is 0.154 e. The molecule has 0 bridgehead atoms. The van der Waals surface area contributed by atoms with Crippen molar-refractivity contribution in [3.63, 3.8) is 0 Å². The minimum absolute atomic E-state index is 0.123. The van der Waals surface area contributed by atoms with Crippen molar-refractivity contribution in [2.75, 3.05) is 25.6 Å². The van der Waals surface area contributed by atoms with Crippen molar-refractivity contribution in [2.45, 2.75) is 20.3 Å². The molecule has 0 spiro atoms. The van der Waals surface area contributed by atoms with E-state index in [1.165, 1.54) is 10.1 Å². The average Bonchev–Trinajstić information content (AvgIpc) is 3.43. The molecule has 7 nitrogen and oxygen atoms in total. The predicted molar refractivity (Wildman–Crippen MR) is 137 cm³/mol. The van der Waals surface area contributed by atoms with Crippen molar-refractivity contribution in [3.8, 4) is 22.1 Å². The molecule has 0 aliphatic carbocycles. The standard InChI is InChI=1S/C26H26N4O3S/c1-16-11-18-13-24(34-23(18)14-22(16)32-3)20-15-27-26-8-7-25(29-30(20)26)28-19-5-6-21(17(2)12-19)33-10-4-9-31/h5-8,11-15,31H,4,9-10H2,1-3H3,(H,28,29). The summed E-state index contributed by atoms with van der Waals surface area (Å²) in [5.41, 5.74) is 4.78. The van der Waals surface area contributed by atoms with Crippen molar-refractivity contribution in [2.24, 2.45) is 0 Å². The quantitative estimate of drug-likeness (QED) is 0.279. The van der Waals surface area contributed by atoms with E-state index in [0.29, 0.717) is 13.0 Å². The molecule has 3 aromatic heterocycles. The summed E-state index contributed by atoms with van der Waals surface area (Å²) in [6.07, 6.45) is 2.48. The van der Waals surface area contributed by atoms with Crippen LogP contribution in [0.15, 0.2) is 54.7 Å². The minimum Gasteiger partial charge on any atom is -0.496 e. The van der Waals surface area contributed by atoms with Crippen LogP contribution in [0.5, 0.6) is 11.5 Å². The SMILES string of the molecule is COc1cc2sc(-c3cnc4ccc(Nc5ccc(OCCCO)c(C)c5)nn34)cc2cc1C. The van der Waals surface area contributed by atoms with Gasteiger partial charge in [-0.3, -0.25) is 0 Å². The first kappa shape index (κ1) is 22.2. The van der Waals surface area contributed by atoms with Gasteiger partial charge in [0.2, 0.25) is 0 Å². The first-order valence-corrected chi connectivity index (χ1v) is 11.9. The first-order chi connectivity index (χ1) is 16.6. The number of methoxy groups -OCH3 is 1. The zero-order valence-corrected chi connectivity index (χ0v) is 20.1. The average molecular weight is 475 g/mol. The van der Waals surface area contributed by atoms with Gasteiger partial charge in [0.25, 0.3) is 0 Å². The van der Waals surface area contributed by atoms with Gasteiger partial charge in [0, 0.05) is 23.4 Å². The summed E-state index contributed by atoms with van der Waals surface area (Å²) in [4.78, 5) is 5.64. The molecule has 5 rings (SSSR count). The number of rotatable bonds is 8. The van der Waals surface area contributed by atoms with Crippen LogP contribution >= 0.6 is 11.3 Å². The van der Waals surface area contributed by atoms with E-state index >= 15 is 0 Å². The fraction of sp³-hybridized carbons (Fsp3) is 0.231. The Balaban J connectivity index is 1.43. The Morgan fingerprint density at radius 1 is 1.03 bits per heavy atom. The molecule has 2 aromatic carbocycles. The Labute approximate surface area is 201 Å². The lowest BCUT2D eigenvalue weighted by atomic mass is 10.1. The summed E-state index contributed by atoms with van der Waals surface area (Å²) in [7, 11) is 1.70. The molecule has 0 radical (unpaired) electrons. The van der Waals surface area contributed by atoms with Crippen molar-refractivity contribution in [1.82, 2.24) is 14.6 Å². The largest absolute Gasteiger partial charge is 0.496 e. The molecule has 2 N–H and O–H groups in total. The van der Waals surface area contributed by atoms with Crippen LogP contribution in [0, 0.1) is 13.8 Å². The number of thiophene rings is 1. The zero-order valence-electron chi connectivity index (χ0n) is 19.3. The molecule has 0 atom stereocenters. The number of benzene rings is 2. The Morgan fingerprint density at radius 2 is 1.88 bits per heavy atom. The van der Waals surface area contributed by atoms with Gasteiger partial charge in [-0.25, -0.2) is 9.50 Å². The Bertz CT molecular complexity index is 1470. The third-order valence-corrected chi connectivity index (χ3v) is 6.78. The maximum Gasteiger partial charge on any atom is 0.154 e. The van der Waals surface area contributed by atoms with Crippen LogP contribution in [0.25, 0.3) is 26.3 Å². The number of fused-ring (bicyclic) bond motifs is 2. The molecular formula is C26H26N4O3S. The molecule has 0 unspecified atom stereocenters. The van der Waals surface area contributed by atoms with Crippen molar-refractivity contribution in [1.29, 1.82) is 0 Å². The van der Waals surface area contributed by atoms with Crippen LogP contribution in [-0.2, 0) is 0 Å². The third-order valence-electron chi connectivity index (χ3n) is 5.66. The van der Waals surface area contributed by atoms with Crippen LogP contribution in [0.3, 0.4) is 0 Å². The van der Waals surface area contributed by atoms with Gasteiger partial charge >= 0.3 is 0 Å². The molecule has 0 aliphatic rings. The van der Waals surface area contributed by atoms with E-state index < -0.39 is 0 Å².